The van der Waals surface area contributed by atoms with Crippen molar-refractivity contribution in [3.05, 3.63) is 109 Å². The molecule has 0 radical (unpaired) electrons. The van der Waals surface area contributed by atoms with Crippen molar-refractivity contribution in [2.24, 2.45) is 0 Å². The van der Waals surface area contributed by atoms with Crippen LogP contribution in [0, 0.1) is 0 Å². The zero-order chi connectivity index (χ0) is 22.6. The summed E-state index contributed by atoms with van der Waals surface area (Å²) in [6.45, 7) is 6.89. The molecule has 3 heteroatoms. The fraction of sp³-hybridized carbons (Fsp3) is 0.172. The molecule has 2 nitrogen and oxygen atoms in total. The van der Waals surface area contributed by atoms with E-state index in [1.807, 2.05) is 12.1 Å². The molecule has 0 unspecified atom stereocenters. The van der Waals surface area contributed by atoms with E-state index in [0.29, 0.717) is 0 Å². The molecule has 0 atom stereocenters. The van der Waals surface area contributed by atoms with E-state index in [1.54, 1.807) is 7.11 Å². The van der Waals surface area contributed by atoms with E-state index < -0.39 is 8.32 Å². The average molecular weight is 439 g/mol. The summed E-state index contributed by atoms with van der Waals surface area (Å²) in [5.74, 6) is 1.76. The fourth-order valence-corrected chi connectivity index (χ4v) is 8.75. The molecule has 0 bridgehead atoms. The summed E-state index contributed by atoms with van der Waals surface area (Å²) in [5, 5.41) is 2.49. The van der Waals surface area contributed by atoms with Crippen LogP contribution in [0.5, 0.6) is 11.5 Å². The Morgan fingerprint density at radius 3 is 1.31 bits per heavy atom. The van der Waals surface area contributed by atoms with Gasteiger partial charge in [-0.15, -0.1) is 0 Å². The second-order valence-corrected chi connectivity index (χ2v) is 13.2. The molecule has 32 heavy (non-hydrogen) atoms. The van der Waals surface area contributed by atoms with Crippen LogP contribution in [-0.4, -0.2) is 15.4 Å². The van der Waals surface area contributed by atoms with Gasteiger partial charge in [-0.3, -0.25) is 0 Å². The molecule has 0 N–H and O–H groups in total. The van der Waals surface area contributed by atoms with Gasteiger partial charge in [-0.1, -0.05) is 106 Å². The molecule has 4 aromatic rings. The number of benzene rings is 4. The third-order valence-corrected chi connectivity index (χ3v) is 10.9. The molecule has 0 aromatic heterocycles. The average Bonchev–Trinajstić information content (AvgIpc) is 2.83. The standard InChI is InChI=1S/C29H30O2Si/c1-29(2,3)32(27-11-7-5-8-12-27,28-13-9-6-10-14-28)31-26-21-17-24(18-22-26)23-15-19-25(30-4)20-16-23/h5-22H,1-4H3. The highest BCUT2D eigenvalue weighted by molar-refractivity contribution is 7.00. The van der Waals surface area contributed by atoms with Crippen molar-refractivity contribution in [3.8, 4) is 22.6 Å². The molecule has 0 aliphatic heterocycles. The van der Waals surface area contributed by atoms with Crippen LogP contribution in [0.3, 0.4) is 0 Å². The predicted molar refractivity (Wildman–Crippen MR) is 137 cm³/mol. The summed E-state index contributed by atoms with van der Waals surface area (Å²) in [6, 6.07) is 38.1. The Kier molecular flexibility index (Phi) is 6.20. The highest BCUT2D eigenvalue weighted by Crippen LogP contribution is 2.38. The minimum atomic E-state index is -2.62. The van der Waals surface area contributed by atoms with Crippen molar-refractivity contribution >= 4 is 18.7 Å². The SMILES string of the molecule is COc1ccc(-c2ccc(O[Si](c3ccccc3)(c3ccccc3)C(C)(C)C)cc2)cc1. The van der Waals surface area contributed by atoms with Gasteiger partial charge in [-0.2, -0.15) is 0 Å². The summed E-state index contributed by atoms with van der Waals surface area (Å²) in [4.78, 5) is 0. The number of hydrogen-bond donors (Lipinski definition) is 0. The molecule has 4 rings (SSSR count). The third kappa shape index (κ3) is 4.21. The Morgan fingerprint density at radius 2 is 0.938 bits per heavy atom. The molecular formula is C29H30O2Si. The predicted octanol–water partition coefficient (Wildman–Crippen LogP) is 6.30. The van der Waals surface area contributed by atoms with Gasteiger partial charge < -0.3 is 9.16 Å². The molecular weight excluding hydrogens is 408 g/mol. The van der Waals surface area contributed by atoms with Gasteiger partial charge in [0.25, 0.3) is 0 Å². The van der Waals surface area contributed by atoms with E-state index in [9.17, 15) is 0 Å². The van der Waals surface area contributed by atoms with Gasteiger partial charge in [-0.05, 0) is 50.8 Å². The van der Waals surface area contributed by atoms with E-state index in [4.69, 9.17) is 9.16 Å². The van der Waals surface area contributed by atoms with Gasteiger partial charge in [0.15, 0.2) is 0 Å². The Morgan fingerprint density at radius 1 is 0.531 bits per heavy atom. The van der Waals surface area contributed by atoms with Crippen LogP contribution in [-0.2, 0) is 0 Å². The smallest absolute Gasteiger partial charge is 0.319 e. The normalized spacial score (nSPS) is 11.8. The molecule has 0 heterocycles. The summed E-state index contributed by atoms with van der Waals surface area (Å²) >= 11 is 0. The highest BCUT2D eigenvalue weighted by Gasteiger charge is 2.52. The largest absolute Gasteiger partial charge is 0.534 e. The first-order chi connectivity index (χ1) is 15.4. The van der Waals surface area contributed by atoms with E-state index in [0.717, 1.165) is 22.6 Å². The topological polar surface area (TPSA) is 18.5 Å². The maximum Gasteiger partial charge on any atom is 0.319 e. The van der Waals surface area contributed by atoms with E-state index in [-0.39, 0.29) is 5.04 Å². The second-order valence-electron chi connectivity index (χ2n) is 9.02. The van der Waals surface area contributed by atoms with Gasteiger partial charge >= 0.3 is 8.32 Å². The van der Waals surface area contributed by atoms with Gasteiger partial charge in [-0.25, -0.2) is 0 Å². The minimum Gasteiger partial charge on any atom is -0.534 e. The van der Waals surface area contributed by atoms with Crippen molar-refractivity contribution in [3.63, 3.8) is 0 Å². The van der Waals surface area contributed by atoms with Crippen molar-refractivity contribution in [2.75, 3.05) is 7.11 Å². The summed E-state index contributed by atoms with van der Waals surface area (Å²) < 4.78 is 12.4. The lowest BCUT2D eigenvalue weighted by Crippen LogP contribution is -2.68. The number of rotatable bonds is 6. The van der Waals surface area contributed by atoms with Crippen LogP contribution in [0.25, 0.3) is 11.1 Å². The van der Waals surface area contributed by atoms with Crippen LogP contribution in [0.2, 0.25) is 5.04 Å². The molecule has 0 saturated heterocycles. The van der Waals surface area contributed by atoms with Crippen molar-refractivity contribution in [1.82, 2.24) is 0 Å². The quantitative estimate of drug-likeness (QED) is 0.329. The highest BCUT2D eigenvalue weighted by atomic mass is 28.4. The molecule has 0 spiro atoms. The molecule has 0 aliphatic carbocycles. The molecule has 162 valence electrons. The first-order valence-electron chi connectivity index (χ1n) is 11.0. The first kappa shape index (κ1) is 21.9. The molecule has 0 amide bonds. The van der Waals surface area contributed by atoms with Crippen LogP contribution in [0.1, 0.15) is 20.8 Å². The van der Waals surface area contributed by atoms with Gasteiger partial charge in [0, 0.05) is 0 Å². The van der Waals surface area contributed by atoms with Crippen LogP contribution in [0.4, 0.5) is 0 Å². The van der Waals surface area contributed by atoms with Crippen molar-refractivity contribution in [1.29, 1.82) is 0 Å². The monoisotopic (exact) mass is 438 g/mol. The molecule has 0 aliphatic rings. The van der Waals surface area contributed by atoms with Crippen molar-refractivity contribution in [2.45, 2.75) is 25.8 Å². The van der Waals surface area contributed by atoms with Gasteiger partial charge in [0.1, 0.15) is 11.5 Å². The summed E-state index contributed by atoms with van der Waals surface area (Å²) in [7, 11) is -0.929. The number of methoxy groups -OCH3 is 1. The van der Waals surface area contributed by atoms with Crippen LogP contribution >= 0.6 is 0 Å². The third-order valence-electron chi connectivity index (χ3n) is 5.97. The molecule has 0 fully saturated rings. The fourth-order valence-electron chi connectivity index (χ4n) is 4.33. The van der Waals surface area contributed by atoms with E-state index in [2.05, 4.69) is 118 Å². The maximum absolute atomic E-state index is 7.08. The second kappa shape index (κ2) is 9.05. The van der Waals surface area contributed by atoms with Crippen molar-refractivity contribution < 1.29 is 9.16 Å². The summed E-state index contributed by atoms with van der Waals surface area (Å²) in [5.41, 5.74) is 2.31. The lowest BCUT2D eigenvalue weighted by Gasteiger charge is -2.43. The van der Waals surface area contributed by atoms with Crippen LogP contribution < -0.4 is 19.5 Å². The van der Waals surface area contributed by atoms with E-state index in [1.165, 1.54) is 10.4 Å². The minimum absolute atomic E-state index is 0.0651. The van der Waals surface area contributed by atoms with Crippen LogP contribution in [0.15, 0.2) is 109 Å². The first-order valence-corrected chi connectivity index (χ1v) is 12.9. The molecule has 4 aromatic carbocycles. The van der Waals surface area contributed by atoms with Gasteiger partial charge in [0.2, 0.25) is 0 Å². The number of ether oxygens (including phenoxy) is 1. The zero-order valence-corrected chi connectivity index (χ0v) is 20.2. The Bertz CT molecular complexity index is 1090. The zero-order valence-electron chi connectivity index (χ0n) is 19.2. The Labute approximate surface area is 192 Å². The number of hydrogen-bond acceptors (Lipinski definition) is 2. The Hall–Kier alpha value is -3.30. The van der Waals surface area contributed by atoms with E-state index >= 15 is 0 Å². The lowest BCUT2D eigenvalue weighted by molar-refractivity contribution is 0.415. The lowest BCUT2D eigenvalue weighted by atomic mass is 10.1. The summed E-state index contributed by atoms with van der Waals surface area (Å²) in [6.07, 6.45) is 0. The molecule has 0 saturated carbocycles. The Balaban J connectivity index is 1.76. The van der Waals surface area contributed by atoms with Gasteiger partial charge in [0.05, 0.1) is 7.11 Å². The maximum atomic E-state index is 7.08.